The highest BCUT2D eigenvalue weighted by Crippen LogP contribution is 2.34. The number of halogens is 2. The molecule has 0 bridgehead atoms. The molecule has 0 saturated carbocycles. The summed E-state index contributed by atoms with van der Waals surface area (Å²) in [5, 5.41) is 8.00. The van der Waals surface area contributed by atoms with Gasteiger partial charge in [0.15, 0.2) is 5.69 Å². The van der Waals surface area contributed by atoms with Gasteiger partial charge in [0.1, 0.15) is 16.6 Å². The van der Waals surface area contributed by atoms with E-state index in [1.54, 1.807) is 18.2 Å². The van der Waals surface area contributed by atoms with Crippen LogP contribution in [0.4, 0.5) is 0 Å². The smallest absolute Gasteiger partial charge is 0.249 e. The first-order valence-electron chi connectivity index (χ1n) is 4.87. The van der Waals surface area contributed by atoms with Crippen LogP contribution in [-0.4, -0.2) is 15.8 Å². The first-order chi connectivity index (χ1) is 8.59. The zero-order chi connectivity index (χ0) is 13.1. The Balaban J connectivity index is 2.40. The SMILES string of the molecule is N=C(N)c1nccnc1Oc1cccc(Cl)c1Cl. The number of amidine groups is 1. The van der Waals surface area contributed by atoms with Crippen LogP contribution in [0.1, 0.15) is 5.69 Å². The first-order valence-corrected chi connectivity index (χ1v) is 5.62. The van der Waals surface area contributed by atoms with E-state index < -0.39 is 0 Å². The van der Waals surface area contributed by atoms with Crippen LogP contribution in [0.5, 0.6) is 11.6 Å². The van der Waals surface area contributed by atoms with Gasteiger partial charge in [-0.05, 0) is 12.1 Å². The number of rotatable bonds is 3. The van der Waals surface area contributed by atoms with Crippen LogP contribution in [0, 0.1) is 5.41 Å². The molecular formula is C11H8Cl2N4O. The Bertz CT molecular complexity index is 603. The lowest BCUT2D eigenvalue weighted by Gasteiger charge is -2.09. The average Bonchev–Trinajstić information content (AvgIpc) is 2.35. The van der Waals surface area contributed by atoms with Crippen molar-refractivity contribution in [3.8, 4) is 11.6 Å². The van der Waals surface area contributed by atoms with E-state index in [9.17, 15) is 0 Å². The van der Waals surface area contributed by atoms with E-state index in [0.29, 0.717) is 10.8 Å². The third kappa shape index (κ3) is 2.52. The minimum Gasteiger partial charge on any atom is -0.435 e. The summed E-state index contributed by atoms with van der Waals surface area (Å²) in [6.45, 7) is 0. The van der Waals surface area contributed by atoms with E-state index in [-0.39, 0.29) is 22.4 Å². The molecule has 0 aliphatic carbocycles. The number of hydrogen-bond acceptors (Lipinski definition) is 4. The molecule has 0 amide bonds. The molecule has 18 heavy (non-hydrogen) atoms. The van der Waals surface area contributed by atoms with Crippen LogP contribution >= 0.6 is 23.2 Å². The van der Waals surface area contributed by atoms with E-state index in [2.05, 4.69) is 9.97 Å². The summed E-state index contributed by atoms with van der Waals surface area (Å²) in [6, 6.07) is 4.96. The zero-order valence-corrected chi connectivity index (χ0v) is 10.5. The van der Waals surface area contributed by atoms with Gasteiger partial charge < -0.3 is 10.5 Å². The summed E-state index contributed by atoms with van der Waals surface area (Å²) in [6.07, 6.45) is 2.85. The Morgan fingerprint density at radius 2 is 1.94 bits per heavy atom. The molecule has 0 aliphatic heterocycles. The Hall–Kier alpha value is -1.85. The third-order valence-corrected chi connectivity index (χ3v) is 2.84. The maximum Gasteiger partial charge on any atom is 0.249 e. The molecule has 1 heterocycles. The zero-order valence-electron chi connectivity index (χ0n) is 9.02. The van der Waals surface area contributed by atoms with Crippen LogP contribution in [0.3, 0.4) is 0 Å². The molecule has 2 aromatic rings. The predicted molar refractivity (Wildman–Crippen MR) is 69.6 cm³/mol. The number of nitrogens with zero attached hydrogens (tertiary/aromatic N) is 2. The highest BCUT2D eigenvalue weighted by Gasteiger charge is 2.13. The number of nitrogens with one attached hydrogen (secondary N) is 1. The lowest BCUT2D eigenvalue weighted by Crippen LogP contribution is -2.15. The number of ether oxygens (including phenoxy) is 1. The van der Waals surface area contributed by atoms with Crippen molar-refractivity contribution < 1.29 is 4.74 Å². The van der Waals surface area contributed by atoms with Gasteiger partial charge >= 0.3 is 0 Å². The van der Waals surface area contributed by atoms with Crippen molar-refractivity contribution in [2.75, 3.05) is 0 Å². The van der Waals surface area contributed by atoms with Gasteiger partial charge in [-0.15, -0.1) is 0 Å². The topological polar surface area (TPSA) is 84.9 Å². The molecule has 5 nitrogen and oxygen atoms in total. The standard InChI is InChI=1S/C11H8Cl2N4O/c12-6-2-1-3-7(8(6)13)18-11-9(10(14)15)16-4-5-17-11/h1-5H,(H3,14,15). The van der Waals surface area contributed by atoms with Gasteiger partial charge in [0, 0.05) is 12.4 Å². The summed E-state index contributed by atoms with van der Waals surface area (Å²) in [4.78, 5) is 7.87. The second-order valence-corrected chi connectivity index (χ2v) is 4.06. The second kappa shape index (κ2) is 5.20. The minimum absolute atomic E-state index is 0.106. The van der Waals surface area contributed by atoms with Gasteiger partial charge in [-0.25, -0.2) is 9.97 Å². The number of aromatic nitrogens is 2. The van der Waals surface area contributed by atoms with E-state index in [1.807, 2.05) is 0 Å². The highest BCUT2D eigenvalue weighted by atomic mass is 35.5. The fraction of sp³-hybridized carbons (Fsp3) is 0. The Labute approximate surface area is 113 Å². The summed E-state index contributed by atoms with van der Waals surface area (Å²) >= 11 is 11.9. The average molecular weight is 283 g/mol. The summed E-state index contributed by atoms with van der Waals surface area (Å²) in [5.74, 6) is 0.192. The molecule has 2 rings (SSSR count). The van der Waals surface area contributed by atoms with E-state index in [4.69, 9.17) is 39.1 Å². The first kappa shape index (κ1) is 12.6. The third-order valence-electron chi connectivity index (χ3n) is 2.04. The summed E-state index contributed by atoms with van der Waals surface area (Å²) < 4.78 is 5.47. The molecule has 0 fully saturated rings. The molecule has 7 heteroatoms. The summed E-state index contributed by atoms with van der Waals surface area (Å²) in [5.41, 5.74) is 5.52. The fourth-order valence-electron chi connectivity index (χ4n) is 1.25. The number of benzene rings is 1. The van der Waals surface area contributed by atoms with Crippen molar-refractivity contribution in [3.63, 3.8) is 0 Å². The van der Waals surface area contributed by atoms with Gasteiger partial charge in [0.05, 0.1) is 5.02 Å². The molecule has 0 radical (unpaired) electrons. The van der Waals surface area contributed by atoms with Crippen molar-refractivity contribution in [1.29, 1.82) is 5.41 Å². The van der Waals surface area contributed by atoms with Crippen molar-refractivity contribution >= 4 is 29.0 Å². The van der Waals surface area contributed by atoms with Gasteiger partial charge in [-0.1, -0.05) is 29.3 Å². The Morgan fingerprint density at radius 1 is 1.22 bits per heavy atom. The molecule has 92 valence electrons. The maximum atomic E-state index is 7.37. The van der Waals surface area contributed by atoms with Crippen LogP contribution in [0.2, 0.25) is 10.0 Å². The molecule has 0 unspecified atom stereocenters. The molecule has 0 aliphatic rings. The lowest BCUT2D eigenvalue weighted by atomic mass is 10.3. The molecule has 0 spiro atoms. The van der Waals surface area contributed by atoms with Gasteiger partial charge in [0.2, 0.25) is 5.88 Å². The lowest BCUT2D eigenvalue weighted by molar-refractivity contribution is 0.459. The largest absolute Gasteiger partial charge is 0.435 e. The van der Waals surface area contributed by atoms with Gasteiger partial charge in [0.25, 0.3) is 0 Å². The predicted octanol–water partition coefficient (Wildman–Crippen LogP) is 2.86. The maximum absolute atomic E-state index is 7.37. The molecular weight excluding hydrogens is 275 g/mol. The quantitative estimate of drug-likeness (QED) is 0.670. The molecule has 1 aromatic carbocycles. The molecule has 0 atom stereocenters. The second-order valence-electron chi connectivity index (χ2n) is 3.28. The molecule has 0 saturated heterocycles. The minimum atomic E-state index is -0.240. The van der Waals surface area contributed by atoms with E-state index in [1.165, 1.54) is 12.4 Å². The molecule has 3 N–H and O–H groups in total. The van der Waals surface area contributed by atoms with Gasteiger partial charge in [-0.3, -0.25) is 5.41 Å². The van der Waals surface area contributed by atoms with Crippen molar-refractivity contribution in [2.45, 2.75) is 0 Å². The number of nitrogen functional groups attached to an aromatic ring is 1. The van der Waals surface area contributed by atoms with Crippen molar-refractivity contribution in [3.05, 3.63) is 46.3 Å². The number of hydrogen-bond donors (Lipinski definition) is 2. The van der Waals surface area contributed by atoms with Crippen LogP contribution in [-0.2, 0) is 0 Å². The van der Waals surface area contributed by atoms with Crippen molar-refractivity contribution in [2.24, 2.45) is 5.73 Å². The summed E-state index contributed by atoms with van der Waals surface area (Å²) in [7, 11) is 0. The normalized spacial score (nSPS) is 10.1. The monoisotopic (exact) mass is 282 g/mol. The van der Waals surface area contributed by atoms with Crippen LogP contribution < -0.4 is 10.5 Å². The van der Waals surface area contributed by atoms with Crippen molar-refractivity contribution in [1.82, 2.24) is 9.97 Å². The van der Waals surface area contributed by atoms with Crippen LogP contribution in [0.25, 0.3) is 0 Å². The van der Waals surface area contributed by atoms with Crippen LogP contribution in [0.15, 0.2) is 30.6 Å². The van der Waals surface area contributed by atoms with E-state index >= 15 is 0 Å². The van der Waals surface area contributed by atoms with E-state index in [0.717, 1.165) is 0 Å². The molecule has 1 aromatic heterocycles. The Kier molecular flexibility index (Phi) is 3.64. The van der Waals surface area contributed by atoms with Gasteiger partial charge in [-0.2, -0.15) is 0 Å². The fourth-order valence-corrected chi connectivity index (χ4v) is 1.58. The number of nitrogens with two attached hydrogens (primary N) is 1. The Morgan fingerprint density at radius 3 is 2.67 bits per heavy atom. The highest BCUT2D eigenvalue weighted by molar-refractivity contribution is 6.42.